The lowest BCUT2D eigenvalue weighted by molar-refractivity contribution is 0.998. The van der Waals surface area contributed by atoms with Crippen molar-refractivity contribution in [3.05, 3.63) is 64.1 Å². The number of benzene rings is 2. The van der Waals surface area contributed by atoms with Crippen molar-refractivity contribution in [2.24, 2.45) is 0 Å². The molecule has 0 aromatic heterocycles. The van der Waals surface area contributed by atoms with Crippen molar-refractivity contribution < 1.29 is 0 Å². The third kappa shape index (κ3) is 2.76. The molecular weight excluding hydrogens is 267 g/mol. The summed E-state index contributed by atoms with van der Waals surface area (Å²) in [5, 5.41) is 13.3. The van der Waals surface area contributed by atoms with E-state index < -0.39 is 6.04 Å². The normalized spacial score (nSPS) is 11.6. The second kappa shape index (κ2) is 5.77. The Labute approximate surface area is 116 Å². The molecule has 90 valence electrons. The molecule has 0 radical (unpaired) electrons. The van der Waals surface area contributed by atoms with E-state index in [-0.39, 0.29) is 0 Å². The van der Waals surface area contributed by atoms with Gasteiger partial charge in [0.05, 0.1) is 6.07 Å². The first-order valence-electron chi connectivity index (χ1n) is 5.37. The number of hydrogen-bond donors (Lipinski definition) is 1. The minimum Gasteiger partial charge on any atom is -0.366 e. The van der Waals surface area contributed by atoms with Crippen LogP contribution >= 0.6 is 23.2 Å². The van der Waals surface area contributed by atoms with E-state index in [1.54, 1.807) is 18.2 Å². The lowest BCUT2D eigenvalue weighted by Gasteiger charge is -2.15. The van der Waals surface area contributed by atoms with E-state index >= 15 is 0 Å². The standard InChI is InChI=1S/C14H10Cl2N2/c15-11-7-4-8-12(16)14(11)13(9-17)18-10-5-2-1-3-6-10/h1-8,13,18H. The van der Waals surface area contributed by atoms with Gasteiger partial charge in [-0.25, -0.2) is 0 Å². The van der Waals surface area contributed by atoms with E-state index in [4.69, 9.17) is 23.2 Å². The smallest absolute Gasteiger partial charge is 0.143 e. The molecule has 0 saturated carbocycles. The van der Waals surface area contributed by atoms with E-state index in [1.807, 2.05) is 30.3 Å². The molecular formula is C14H10Cl2N2. The van der Waals surface area contributed by atoms with E-state index in [9.17, 15) is 5.26 Å². The van der Waals surface area contributed by atoms with Crippen LogP contribution in [0.25, 0.3) is 0 Å². The van der Waals surface area contributed by atoms with Crippen molar-refractivity contribution in [2.75, 3.05) is 5.32 Å². The third-order valence-corrected chi connectivity index (χ3v) is 3.16. The summed E-state index contributed by atoms with van der Waals surface area (Å²) in [6.07, 6.45) is 0. The molecule has 2 aromatic carbocycles. The van der Waals surface area contributed by atoms with Crippen molar-refractivity contribution in [1.82, 2.24) is 0 Å². The fourth-order valence-corrected chi connectivity index (χ4v) is 2.27. The summed E-state index contributed by atoms with van der Waals surface area (Å²) >= 11 is 12.2. The van der Waals surface area contributed by atoms with Gasteiger partial charge in [0.25, 0.3) is 0 Å². The van der Waals surface area contributed by atoms with Crippen LogP contribution in [0.2, 0.25) is 10.0 Å². The van der Waals surface area contributed by atoms with Crippen LogP contribution in [0.3, 0.4) is 0 Å². The summed E-state index contributed by atoms with van der Waals surface area (Å²) in [5.41, 5.74) is 1.45. The highest BCUT2D eigenvalue weighted by Crippen LogP contribution is 2.31. The summed E-state index contributed by atoms with van der Waals surface area (Å²) in [5.74, 6) is 0. The quantitative estimate of drug-likeness (QED) is 0.884. The number of nitriles is 1. The maximum Gasteiger partial charge on any atom is 0.143 e. The van der Waals surface area contributed by atoms with E-state index in [0.29, 0.717) is 15.6 Å². The Kier molecular flexibility index (Phi) is 4.09. The molecule has 0 amide bonds. The zero-order chi connectivity index (χ0) is 13.0. The van der Waals surface area contributed by atoms with Gasteiger partial charge in [-0.2, -0.15) is 5.26 Å². The van der Waals surface area contributed by atoms with Crippen LogP contribution in [-0.4, -0.2) is 0 Å². The van der Waals surface area contributed by atoms with Gasteiger partial charge in [-0.1, -0.05) is 47.5 Å². The molecule has 1 N–H and O–H groups in total. The number of rotatable bonds is 3. The fourth-order valence-electron chi connectivity index (χ4n) is 1.66. The first-order chi connectivity index (χ1) is 8.72. The predicted octanol–water partition coefficient (Wildman–Crippen LogP) is 4.67. The summed E-state index contributed by atoms with van der Waals surface area (Å²) in [6.45, 7) is 0. The first kappa shape index (κ1) is 12.8. The Hall–Kier alpha value is -1.69. The second-order valence-corrected chi connectivity index (χ2v) is 4.52. The molecule has 0 aliphatic carbocycles. The van der Waals surface area contributed by atoms with Gasteiger partial charge in [0.15, 0.2) is 0 Å². The number of nitrogens with one attached hydrogen (secondary N) is 1. The molecule has 0 spiro atoms. The van der Waals surface area contributed by atoms with Crippen LogP contribution in [-0.2, 0) is 0 Å². The van der Waals surface area contributed by atoms with E-state index in [0.717, 1.165) is 5.69 Å². The minimum atomic E-state index is -0.575. The highest BCUT2D eigenvalue weighted by atomic mass is 35.5. The molecule has 0 aliphatic rings. The van der Waals surface area contributed by atoms with Gasteiger partial charge in [0.2, 0.25) is 0 Å². The average molecular weight is 277 g/mol. The molecule has 1 unspecified atom stereocenters. The fraction of sp³-hybridized carbons (Fsp3) is 0.0714. The summed E-state index contributed by atoms with van der Waals surface area (Å²) in [7, 11) is 0. The Morgan fingerprint density at radius 2 is 1.56 bits per heavy atom. The largest absolute Gasteiger partial charge is 0.366 e. The van der Waals surface area contributed by atoms with E-state index in [1.165, 1.54) is 0 Å². The van der Waals surface area contributed by atoms with Gasteiger partial charge in [-0.3, -0.25) is 0 Å². The number of para-hydroxylation sites is 1. The Balaban J connectivity index is 2.33. The van der Waals surface area contributed by atoms with Crippen LogP contribution in [0, 0.1) is 11.3 Å². The second-order valence-electron chi connectivity index (χ2n) is 3.71. The van der Waals surface area contributed by atoms with Crippen LogP contribution in [0.5, 0.6) is 0 Å². The first-order valence-corrected chi connectivity index (χ1v) is 6.13. The summed E-state index contributed by atoms with van der Waals surface area (Å²) < 4.78 is 0. The Morgan fingerprint density at radius 1 is 0.944 bits per heavy atom. The maximum absolute atomic E-state index is 9.26. The lowest BCUT2D eigenvalue weighted by Crippen LogP contribution is -2.09. The number of hydrogen-bond acceptors (Lipinski definition) is 2. The van der Waals surface area contributed by atoms with Crippen molar-refractivity contribution in [2.45, 2.75) is 6.04 Å². The summed E-state index contributed by atoms with van der Waals surface area (Å²) in [6, 6.07) is 16.3. The predicted molar refractivity (Wildman–Crippen MR) is 74.9 cm³/mol. The van der Waals surface area contributed by atoms with Gasteiger partial charge < -0.3 is 5.32 Å². The molecule has 4 heteroatoms. The maximum atomic E-state index is 9.26. The highest BCUT2D eigenvalue weighted by Gasteiger charge is 2.17. The molecule has 0 saturated heterocycles. The zero-order valence-electron chi connectivity index (χ0n) is 9.40. The minimum absolute atomic E-state index is 0.484. The van der Waals surface area contributed by atoms with Crippen LogP contribution in [0.15, 0.2) is 48.5 Å². The Morgan fingerprint density at radius 3 is 2.11 bits per heavy atom. The molecule has 0 aliphatic heterocycles. The van der Waals surface area contributed by atoms with Crippen molar-refractivity contribution in [3.63, 3.8) is 0 Å². The topological polar surface area (TPSA) is 35.8 Å². The van der Waals surface area contributed by atoms with E-state index in [2.05, 4.69) is 11.4 Å². The number of nitrogens with zero attached hydrogens (tertiary/aromatic N) is 1. The molecule has 18 heavy (non-hydrogen) atoms. The van der Waals surface area contributed by atoms with Gasteiger partial charge in [-0.05, 0) is 24.3 Å². The van der Waals surface area contributed by atoms with Gasteiger partial charge in [0.1, 0.15) is 6.04 Å². The zero-order valence-corrected chi connectivity index (χ0v) is 10.9. The molecule has 1 atom stereocenters. The monoisotopic (exact) mass is 276 g/mol. The average Bonchev–Trinajstić information content (AvgIpc) is 2.38. The molecule has 0 heterocycles. The number of anilines is 1. The van der Waals surface area contributed by atoms with Crippen molar-refractivity contribution >= 4 is 28.9 Å². The molecule has 2 rings (SSSR count). The molecule has 0 bridgehead atoms. The van der Waals surface area contributed by atoms with Gasteiger partial charge in [0, 0.05) is 21.3 Å². The number of halogens is 2. The van der Waals surface area contributed by atoms with Gasteiger partial charge in [-0.15, -0.1) is 0 Å². The van der Waals surface area contributed by atoms with Crippen molar-refractivity contribution in [1.29, 1.82) is 5.26 Å². The SMILES string of the molecule is N#CC(Nc1ccccc1)c1c(Cl)cccc1Cl. The molecule has 2 aromatic rings. The van der Waals surface area contributed by atoms with Crippen LogP contribution in [0.1, 0.15) is 11.6 Å². The highest BCUT2D eigenvalue weighted by molar-refractivity contribution is 6.36. The molecule has 0 fully saturated rings. The van der Waals surface area contributed by atoms with Crippen LogP contribution in [0.4, 0.5) is 5.69 Å². The molecule has 2 nitrogen and oxygen atoms in total. The Bertz CT molecular complexity index is 556. The van der Waals surface area contributed by atoms with Gasteiger partial charge >= 0.3 is 0 Å². The third-order valence-electron chi connectivity index (χ3n) is 2.50. The lowest BCUT2D eigenvalue weighted by atomic mass is 10.1. The van der Waals surface area contributed by atoms with Crippen LogP contribution < -0.4 is 5.32 Å². The van der Waals surface area contributed by atoms with Crippen molar-refractivity contribution in [3.8, 4) is 6.07 Å². The summed E-state index contributed by atoms with van der Waals surface area (Å²) in [4.78, 5) is 0.